The summed E-state index contributed by atoms with van der Waals surface area (Å²) in [6.45, 7) is 1.28. The number of benzene rings is 3. The Morgan fingerprint density at radius 2 is 1.71 bits per heavy atom. The first kappa shape index (κ1) is 28.7. The number of cyclic esters (lactones) is 2. The zero-order valence-electron chi connectivity index (χ0n) is 20.1. The van der Waals surface area contributed by atoms with Gasteiger partial charge in [-0.3, -0.25) is 0 Å². The van der Waals surface area contributed by atoms with E-state index >= 15 is 0 Å². The quantitative estimate of drug-likeness (QED) is 0.141. The number of nitrogens with zero attached hydrogens (tertiary/aromatic N) is 1. The first-order valence-corrected chi connectivity index (χ1v) is 12.4. The van der Waals surface area contributed by atoms with Crippen molar-refractivity contribution in [1.29, 1.82) is 0 Å². The van der Waals surface area contributed by atoms with Gasteiger partial charge in [0.05, 0.1) is 0 Å². The molecule has 8 nitrogen and oxygen atoms in total. The predicted molar refractivity (Wildman–Crippen MR) is 140 cm³/mol. The fraction of sp³-hybridized carbons (Fsp3) is 0.222. The Hall–Kier alpha value is -2.33. The van der Waals surface area contributed by atoms with Crippen LogP contribution in [-0.2, 0) is 48.6 Å². The Balaban J connectivity index is 0.000000288. The number of hydrogen-bond donors (Lipinski definition) is 2. The second kappa shape index (κ2) is 13.2. The van der Waals surface area contributed by atoms with Gasteiger partial charge in [0.25, 0.3) is 0 Å². The fourth-order valence-corrected chi connectivity index (χ4v) is 4.59. The SMILES string of the molecule is O=C1OCC(COc2ccc(C3[N-]CCc4c3[nH]c3ccc(Cl)cc43)cc2)O1.OOc1ccc(Cl)cc1.[Y]. The maximum atomic E-state index is 10.9. The molecule has 6 rings (SSSR count). The van der Waals surface area contributed by atoms with Crippen LogP contribution in [0.2, 0.25) is 10.0 Å². The Morgan fingerprint density at radius 3 is 2.39 bits per heavy atom. The minimum absolute atomic E-state index is 0. The van der Waals surface area contributed by atoms with Crippen LogP contribution in [0.5, 0.6) is 11.5 Å². The molecule has 4 aromatic rings. The number of nitrogens with one attached hydrogen (secondary N) is 1. The molecule has 2 unspecified atom stereocenters. The number of carbonyl (C=O) groups is 1. The summed E-state index contributed by atoms with van der Waals surface area (Å²) in [6, 6.07) is 20.2. The third-order valence-electron chi connectivity index (χ3n) is 6.05. The topological polar surface area (TPSA) is 104 Å². The van der Waals surface area contributed by atoms with Gasteiger partial charge in [0.2, 0.25) is 0 Å². The normalized spacial score (nSPS) is 17.8. The summed E-state index contributed by atoms with van der Waals surface area (Å²) in [4.78, 5) is 18.4. The standard InChI is InChI=1S/C21H18ClN2O4.C6H5ClO2.Y/c22-13-3-6-18-17(9-13)16-7-8-23-19(20(16)24-18)12-1-4-14(5-2-12)26-10-15-11-27-21(25)28-15;7-5-1-3-6(9-8)4-2-5;/h1-6,9,15,19,24H,7-8,10-11H2;1-4,8H;/q-1;;. The summed E-state index contributed by atoms with van der Waals surface area (Å²) in [7, 11) is 0. The summed E-state index contributed by atoms with van der Waals surface area (Å²) in [5.41, 5.74) is 4.61. The van der Waals surface area contributed by atoms with Crippen LogP contribution in [0.4, 0.5) is 4.79 Å². The molecule has 1 radical (unpaired) electrons. The molecule has 1 aromatic heterocycles. The van der Waals surface area contributed by atoms with Crippen molar-refractivity contribution in [3.63, 3.8) is 0 Å². The van der Waals surface area contributed by atoms with Gasteiger partial charge in [0, 0.05) is 59.4 Å². The van der Waals surface area contributed by atoms with E-state index in [1.54, 1.807) is 24.3 Å². The van der Waals surface area contributed by atoms with Gasteiger partial charge in [-0.2, -0.15) is 0 Å². The van der Waals surface area contributed by atoms with Crippen molar-refractivity contribution in [1.82, 2.24) is 4.98 Å². The average Bonchev–Trinajstić information content (AvgIpc) is 3.51. The van der Waals surface area contributed by atoms with Crippen LogP contribution in [-0.4, -0.2) is 42.3 Å². The molecule has 2 atom stereocenters. The second-order valence-electron chi connectivity index (χ2n) is 8.49. The van der Waals surface area contributed by atoms with Crippen LogP contribution in [0, 0.1) is 0 Å². The summed E-state index contributed by atoms with van der Waals surface area (Å²) in [5, 5.41) is 15.5. The zero-order valence-corrected chi connectivity index (χ0v) is 24.5. The van der Waals surface area contributed by atoms with Gasteiger partial charge in [-0.1, -0.05) is 46.9 Å². The van der Waals surface area contributed by atoms with E-state index in [1.165, 1.54) is 10.9 Å². The molecule has 38 heavy (non-hydrogen) atoms. The van der Waals surface area contributed by atoms with Crippen molar-refractivity contribution in [3.05, 3.63) is 98.9 Å². The Bertz CT molecular complexity index is 1380. The monoisotopic (exact) mass is 630 g/mol. The van der Waals surface area contributed by atoms with Gasteiger partial charge in [0.15, 0.2) is 11.9 Å². The van der Waals surface area contributed by atoms with Gasteiger partial charge in [-0.25, -0.2) is 10.1 Å². The summed E-state index contributed by atoms with van der Waals surface area (Å²) in [5.74, 6) is 1.10. The Morgan fingerprint density at radius 1 is 1.00 bits per heavy atom. The molecule has 2 N–H and O–H groups in total. The van der Waals surface area contributed by atoms with Crippen molar-refractivity contribution in [2.24, 2.45) is 0 Å². The molecule has 3 heterocycles. The maximum Gasteiger partial charge on any atom is 0.508 e. The Labute approximate surface area is 254 Å². The van der Waals surface area contributed by atoms with E-state index in [1.807, 2.05) is 42.5 Å². The van der Waals surface area contributed by atoms with Gasteiger partial charge in [-0.15, -0.1) is 6.54 Å². The van der Waals surface area contributed by atoms with E-state index < -0.39 is 6.16 Å². The van der Waals surface area contributed by atoms with Crippen molar-refractivity contribution in [2.45, 2.75) is 18.6 Å². The number of H-pyrrole nitrogens is 1. The van der Waals surface area contributed by atoms with Crippen molar-refractivity contribution in [2.75, 3.05) is 19.8 Å². The second-order valence-corrected chi connectivity index (χ2v) is 9.36. The largest absolute Gasteiger partial charge is 0.650 e. The van der Waals surface area contributed by atoms with Gasteiger partial charge >= 0.3 is 6.16 Å². The number of hydrogen-bond acceptors (Lipinski definition) is 6. The van der Waals surface area contributed by atoms with E-state index in [2.05, 4.69) is 9.87 Å². The summed E-state index contributed by atoms with van der Waals surface area (Å²) in [6.07, 6.45) is -0.0882. The van der Waals surface area contributed by atoms with Crippen LogP contribution in [0.3, 0.4) is 0 Å². The smallest absolute Gasteiger partial charge is 0.508 e. The molecule has 1 fully saturated rings. The van der Waals surface area contributed by atoms with E-state index in [-0.39, 0.29) is 58.1 Å². The van der Waals surface area contributed by atoms with E-state index in [4.69, 9.17) is 48.0 Å². The van der Waals surface area contributed by atoms with Crippen LogP contribution in [0.1, 0.15) is 22.9 Å². The predicted octanol–water partition coefficient (Wildman–Crippen LogP) is 6.94. The molecule has 11 heteroatoms. The number of aromatic amines is 1. The molecule has 0 bridgehead atoms. The van der Waals surface area contributed by atoms with Crippen LogP contribution < -0.4 is 9.62 Å². The number of carbonyl (C=O) groups excluding carboxylic acids is 1. The number of ether oxygens (including phenoxy) is 3. The molecule has 0 amide bonds. The number of aromatic nitrogens is 1. The minimum atomic E-state index is -0.640. The molecular formula is C27H23Cl2N2O6Y-. The maximum absolute atomic E-state index is 10.9. The molecule has 3 aromatic carbocycles. The summed E-state index contributed by atoms with van der Waals surface area (Å²) < 4.78 is 15.4. The van der Waals surface area contributed by atoms with Gasteiger partial charge in [-0.05, 0) is 66.6 Å². The molecular weight excluding hydrogens is 608 g/mol. The molecule has 0 saturated carbocycles. The number of rotatable bonds is 5. The van der Waals surface area contributed by atoms with Crippen molar-refractivity contribution in [3.8, 4) is 11.5 Å². The summed E-state index contributed by atoms with van der Waals surface area (Å²) >= 11 is 11.7. The van der Waals surface area contributed by atoms with E-state index in [0.29, 0.717) is 16.5 Å². The van der Waals surface area contributed by atoms with E-state index in [0.717, 1.165) is 34.8 Å². The van der Waals surface area contributed by atoms with Crippen LogP contribution in [0.15, 0.2) is 66.7 Å². The first-order chi connectivity index (χ1) is 18.0. The Kier molecular flexibility index (Phi) is 9.93. The molecule has 0 aliphatic carbocycles. The average molecular weight is 631 g/mol. The van der Waals surface area contributed by atoms with Crippen molar-refractivity contribution >= 4 is 40.3 Å². The fourth-order valence-electron chi connectivity index (χ4n) is 4.29. The van der Waals surface area contributed by atoms with Crippen molar-refractivity contribution < 1.29 is 61.9 Å². The number of fused-ring (bicyclic) bond motifs is 3. The molecule has 195 valence electrons. The molecule has 2 aliphatic rings. The molecule has 2 aliphatic heterocycles. The molecule has 1 saturated heterocycles. The minimum Gasteiger partial charge on any atom is -0.650 e. The molecule has 0 spiro atoms. The third kappa shape index (κ3) is 6.81. The third-order valence-corrected chi connectivity index (χ3v) is 6.54. The van der Waals surface area contributed by atoms with Crippen LogP contribution in [0.25, 0.3) is 16.2 Å². The first-order valence-electron chi connectivity index (χ1n) is 11.6. The number of halogens is 2. The zero-order chi connectivity index (χ0) is 25.8. The van der Waals surface area contributed by atoms with Gasteiger partial charge < -0.3 is 29.4 Å². The van der Waals surface area contributed by atoms with Gasteiger partial charge in [0.1, 0.15) is 19.0 Å². The van der Waals surface area contributed by atoms with Crippen LogP contribution >= 0.6 is 23.2 Å². The van der Waals surface area contributed by atoms with E-state index in [9.17, 15) is 4.79 Å².